The zero-order valence-electron chi connectivity index (χ0n) is 25.4. The van der Waals surface area contributed by atoms with E-state index in [1.54, 1.807) is 17.0 Å². The zero-order chi connectivity index (χ0) is 30.3. The van der Waals surface area contributed by atoms with Gasteiger partial charge in [0.05, 0.1) is 10.6 Å². The molecule has 2 aromatic carbocycles. The maximum atomic E-state index is 11.1. The lowest BCUT2D eigenvalue weighted by Crippen LogP contribution is -2.30. The van der Waals surface area contributed by atoms with E-state index in [1.165, 1.54) is 60.3 Å². The van der Waals surface area contributed by atoms with Crippen molar-refractivity contribution in [2.45, 2.75) is 91.5 Å². The Labute approximate surface area is 246 Å². The Morgan fingerprint density at radius 3 is 2.22 bits per heavy atom. The van der Waals surface area contributed by atoms with Crippen LogP contribution in [0, 0.1) is 6.92 Å². The van der Waals surface area contributed by atoms with Crippen LogP contribution in [-0.4, -0.2) is 23.2 Å². The molecule has 0 atom stereocenters. The quantitative estimate of drug-likeness (QED) is 0.183. The lowest BCUT2D eigenvalue weighted by Gasteiger charge is -2.27. The van der Waals surface area contributed by atoms with Crippen molar-refractivity contribution >= 4 is 27.6 Å². The van der Waals surface area contributed by atoms with Crippen molar-refractivity contribution in [1.82, 2.24) is 19.6 Å². The molecule has 5 rings (SSSR count). The standard InChI is InChI=1S/C18H21N5.C7H10N2O2S.C4H10.C2H6/c1-2-16-14-10-6-7-11-15(14)20-18-21-17(22-23(16)18)19-12-13-8-4-3-5-9-13;1-6-2-4-7(5-3-6)12(10,11)9-8;1-3-4-2;1-2/h2-5,8-9H,6-7,10-12H2,1H3,(H2,19,20,21,22);2-5,9H,8H2,1H3;3-4H2,1-2H3;1-2H3/b16-2+;;;. The summed E-state index contributed by atoms with van der Waals surface area (Å²) in [5.74, 6) is 6.32. The van der Waals surface area contributed by atoms with Gasteiger partial charge in [0.2, 0.25) is 11.9 Å². The number of nitrogens with two attached hydrogens (primary N) is 1. The van der Waals surface area contributed by atoms with Crippen LogP contribution in [0.5, 0.6) is 0 Å². The van der Waals surface area contributed by atoms with Gasteiger partial charge in [0.25, 0.3) is 10.0 Å². The minimum atomic E-state index is -3.49. The molecule has 0 saturated carbocycles. The minimum absolute atomic E-state index is 0.176. The molecule has 0 radical (unpaired) electrons. The minimum Gasteiger partial charge on any atom is -0.349 e. The largest absolute Gasteiger partial charge is 0.349 e. The summed E-state index contributed by atoms with van der Waals surface area (Å²) in [6, 6.07) is 16.7. The molecule has 1 aliphatic carbocycles. The maximum absolute atomic E-state index is 11.1. The van der Waals surface area contributed by atoms with Gasteiger partial charge in [-0.3, -0.25) is 5.84 Å². The number of nitrogens with zero attached hydrogens (tertiary/aromatic N) is 3. The molecule has 224 valence electrons. The maximum Gasteiger partial charge on any atom is 0.253 e. The van der Waals surface area contributed by atoms with E-state index in [4.69, 9.17) is 5.84 Å². The summed E-state index contributed by atoms with van der Waals surface area (Å²) < 4.78 is 24.1. The molecule has 10 heteroatoms. The summed E-state index contributed by atoms with van der Waals surface area (Å²) in [5, 5.41) is 11.4. The van der Waals surface area contributed by atoms with Crippen LogP contribution in [0.4, 0.5) is 11.9 Å². The fraction of sp³-hybridized carbons (Fsp3) is 0.419. The molecule has 0 fully saturated rings. The molecular formula is C31H47N7O2S. The number of sulfonamides is 1. The number of rotatable bonds is 6. The fourth-order valence-electron chi connectivity index (χ4n) is 4.08. The summed E-state index contributed by atoms with van der Waals surface area (Å²) in [6.45, 7) is 13.0. The van der Waals surface area contributed by atoms with Gasteiger partial charge >= 0.3 is 0 Å². The molecule has 0 saturated heterocycles. The van der Waals surface area contributed by atoms with Gasteiger partial charge in [-0.25, -0.2) is 8.42 Å². The molecule has 1 aromatic heterocycles. The smallest absolute Gasteiger partial charge is 0.253 e. The number of benzene rings is 2. The van der Waals surface area contributed by atoms with Crippen LogP contribution in [0.15, 0.2) is 76.8 Å². The van der Waals surface area contributed by atoms with Crippen molar-refractivity contribution in [3.63, 3.8) is 0 Å². The number of allylic oxidation sites excluding steroid dienone is 4. The Bertz CT molecular complexity index is 1360. The fourth-order valence-corrected chi connectivity index (χ4v) is 4.71. The lowest BCUT2D eigenvalue weighted by molar-refractivity contribution is 0.584. The van der Waals surface area contributed by atoms with Crippen molar-refractivity contribution in [3.05, 3.63) is 83.1 Å². The molecule has 41 heavy (non-hydrogen) atoms. The molecule has 5 N–H and O–H groups in total. The van der Waals surface area contributed by atoms with E-state index in [-0.39, 0.29) is 4.90 Å². The van der Waals surface area contributed by atoms with Gasteiger partial charge in [0.15, 0.2) is 0 Å². The predicted octanol–water partition coefficient (Wildman–Crippen LogP) is 6.98. The molecule has 0 amide bonds. The van der Waals surface area contributed by atoms with Crippen LogP contribution < -0.4 is 21.3 Å². The Hall–Kier alpha value is -3.47. The van der Waals surface area contributed by atoms with E-state index in [1.807, 2.05) is 43.7 Å². The van der Waals surface area contributed by atoms with Crippen molar-refractivity contribution in [2.24, 2.45) is 5.84 Å². The molecule has 0 spiro atoms. The number of anilines is 2. The molecule has 3 aromatic rings. The third-order valence-electron chi connectivity index (χ3n) is 6.43. The van der Waals surface area contributed by atoms with Gasteiger partial charge < -0.3 is 10.6 Å². The summed E-state index contributed by atoms with van der Waals surface area (Å²) in [6.07, 6.45) is 9.50. The van der Waals surface area contributed by atoms with Gasteiger partial charge in [0, 0.05) is 12.2 Å². The highest BCUT2D eigenvalue weighted by Gasteiger charge is 2.26. The second-order valence-corrected chi connectivity index (χ2v) is 11.1. The van der Waals surface area contributed by atoms with Gasteiger partial charge in [-0.15, -0.1) is 5.10 Å². The normalized spacial score (nSPS) is 14.6. The first-order valence-electron chi connectivity index (χ1n) is 14.5. The number of hydrogen-bond donors (Lipinski definition) is 4. The first-order chi connectivity index (χ1) is 19.8. The van der Waals surface area contributed by atoms with Crippen molar-refractivity contribution in [2.75, 3.05) is 10.6 Å². The molecule has 0 unspecified atom stereocenters. The second-order valence-electron chi connectivity index (χ2n) is 9.41. The Balaban J connectivity index is 0.000000275. The topological polar surface area (TPSA) is 127 Å². The lowest BCUT2D eigenvalue weighted by atomic mass is 9.93. The van der Waals surface area contributed by atoms with Crippen molar-refractivity contribution in [3.8, 4) is 0 Å². The van der Waals surface area contributed by atoms with Gasteiger partial charge in [0.1, 0.15) is 0 Å². The van der Waals surface area contributed by atoms with Crippen LogP contribution in [0.3, 0.4) is 0 Å². The third-order valence-corrected chi connectivity index (χ3v) is 7.63. The first kappa shape index (κ1) is 33.7. The van der Waals surface area contributed by atoms with Crippen LogP contribution in [-0.2, 0) is 16.6 Å². The van der Waals surface area contributed by atoms with Gasteiger partial charge in [-0.1, -0.05) is 94.6 Å². The molecule has 1 aliphatic heterocycles. The summed E-state index contributed by atoms with van der Waals surface area (Å²) in [4.78, 5) is 6.54. The predicted molar refractivity (Wildman–Crippen MR) is 170 cm³/mol. The summed E-state index contributed by atoms with van der Waals surface area (Å²) >= 11 is 0. The highest BCUT2D eigenvalue weighted by atomic mass is 32.2. The van der Waals surface area contributed by atoms with Gasteiger partial charge in [-0.05, 0) is 62.8 Å². The summed E-state index contributed by atoms with van der Waals surface area (Å²) in [5.41, 5.74) is 6.11. The highest BCUT2D eigenvalue weighted by molar-refractivity contribution is 7.89. The van der Waals surface area contributed by atoms with E-state index >= 15 is 0 Å². The highest BCUT2D eigenvalue weighted by Crippen LogP contribution is 2.37. The van der Waals surface area contributed by atoms with E-state index < -0.39 is 10.0 Å². The molecule has 2 heterocycles. The van der Waals surface area contributed by atoms with Crippen molar-refractivity contribution < 1.29 is 8.42 Å². The Morgan fingerprint density at radius 2 is 1.63 bits per heavy atom. The van der Waals surface area contributed by atoms with Crippen LogP contribution in [0.2, 0.25) is 0 Å². The number of fused-ring (bicyclic) bond motifs is 1. The molecule has 2 aliphatic rings. The third kappa shape index (κ3) is 9.84. The Morgan fingerprint density at radius 1 is 1.00 bits per heavy atom. The average Bonchev–Trinajstić information content (AvgIpc) is 3.43. The van der Waals surface area contributed by atoms with E-state index in [0.29, 0.717) is 5.95 Å². The number of nitrogens with one attached hydrogen (secondary N) is 3. The SMILES string of the molecule is C/C=C1\C2=C(CCCC2)Nc2nc(NCc3ccccc3)nn21.CC.CCCC.Cc1ccc(S(=O)(=O)NN)cc1. The van der Waals surface area contributed by atoms with Crippen LogP contribution in [0.1, 0.15) is 84.3 Å². The molecule has 9 nitrogen and oxygen atoms in total. The van der Waals surface area contributed by atoms with Crippen LogP contribution in [0.25, 0.3) is 5.70 Å². The number of aryl methyl sites for hydroxylation is 1. The first-order valence-corrected chi connectivity index (χ1v) is 16.0. The average molecular weight is 582 g/mol. The number of unbranched alkanes of at least 4 members (excludes halogenated alkanes) is 1. The monoisotopic (exact) mass is 581 g/mol. The van der Waals surface area contributed by atoms with Crippen LogP contribution >= 0.6 is 0 Å². The Kier molecular flexibility index (Phi) is 14.3. The number of hydrazine groups is 1. The van der Waals surface area contributed by atoms with Crippen molar-refractivity contribution in [1.29, 1.82) is 0 Å². The zero-order valence-corrected chi connectivity index (χ0v) is 26.2. The summed E-state index contributed by atoms with van der Waals surface area (Å²) in [7, 11) is -3.49. The number of hydrogen-bond acceptors (Lipinski definition) is 7. The second kappa shape index (κ2) is 17.4. The number of aromatic nitrogens is 3. The van der Waals surface area contributed by atoms with E-state index in [9.17, 15) is 8.42 Å². The molecule has 0 bridgehead atoms. The van der Waals surface area contributed by atoms with Gasteiger partial charge in [-0.2, -0.15) is 14.5 Å². The van der Waals surface area contributed by atoms with E-state index in [2.05, 4.69) is 59.7 Å². The van der Waals surface area contributed by atoms with E-state index in [0.717, 1.165) is 30.9 Å². The molecular weight excluding hydrogens is 534 g/mol.